The number of carbonyl (C=O) groups excluding carboxylic acids is 1. The van der Waals surface area contributed by atoms with Crippen LogP contribution < -0.4 is 0 Å². The molecule has 0 aromatic rings. The molecule has 0 aliphatic heterocycles. The second kappa shape index (κ2) is 5.75. The maximum atomic E-state index is 11.6. The first-order valence-corrected chi connectivity index (χ1v) is 6.53. The van der Waals surface area contributed by atoms with Gasteiger partial charge in [0.15, 0.2) is 0 Å². The molecule has 4 heteroatoms. The van der Waals surface area contributed by atoms with E-state index in [1.54, 1.807) is 40.6 Å². The Balaban J connectivity index is 4.19. The lowest BCUT2D eigenvalue weighted by atomic mass is 10.1. The van der Waals surface area contributed by atoms with Crippen LogP contribution in [0, 0.1) is 5.92 Å². The van der Waals surface area contributed by atoms with Crippen molar-refractivity contribution in [1.82, 2.24) is 4.90 Å². The summed E-state index contributed by atoms with van der Waals surface area (Å²) in [4.78, 5) is 13.2. The molecule has 0 aromatic carbocycles. The molecule has 2 nitrogen and oxygen atoms in total. The van der Waals surface area contributed by atoms with E-state index < -0.39 is 0 Å². The minimum atomic E-state index is 0.0926. The molecule has 0 radical (unpaired) electrons. The zero-order valence-corrected chi connectivity index (χ0v) is 9.96. The molecule has 0 aliphatic rings. The Kier molecular flexibility index (Phi) is 5.84. The van der Waals surface area contributed by atoms with E-state index in [-0.39, 0.29) is 11.2 Å². The Morgan fingerprint density at radius 2 is 1.83 bits per heavy atom. The van der Waals surface area contributed by atoms with Crippen molar-refractivity contribution in [2.45, 2.75) is 19.1 Å². The Bertz CT molecular complexity index is 148. The van der Waals surface area contributed by atoms with E-state index in [1.165, 1.54) is 0 Å². The summed E-state index contributed by atoms with van der Waals surface area (Å²) in [5.74, 6) is 0.613. The molecule has 72 valence electrons. The van der Waals surface area contributed by atoms with Gasteiger partial charge in [-0.1, -0.05) is 35.4 Å². The number of carbonyl (C=O) groups is 1. The normalized spacial score (nSPS) is 13.2. The first-order valence-electron chi connectivity index (χ1n) is 3.91. The average Bonchev–Trinajstić information content (AvgIpc) is 1.98. The molecule has 12 heavy (non-hydrogen) atoms. The Labute approximate surface area is 82.9 Å². The summed E-state index contributed by atoms with van der Waals surface area (Å²) in [7, 11) is 6.91. The standard InChI is InChI=1S/C8H17NOS2/c1-6(2)7(12-11-5)8(10)9(3)4/h6-7H,1-5H3. The first-order chi connectivity index (χ1) is 5.50. The largest absolute Gasteiger partial charge is 0.348 e. The Hall–Kier alpha value is 0.170. The maximum absolute atomic E-state index is 11.6. The molecule has 0 spiro atoms. The van der Waals surface area contributed by atoms with Gasteiger partial charge >= 0.3 is 0 Å². The van der Waals surface area contributed by atoms with Gasteiger partial charge in [0.2, 0.25) is 5.91 Å². The van der Waals surface area contributed by atoms with Crippen LogP contribution in [0.5, 0.6) is 0 Å². The van der Waals surface area contributed by atoms with Crippen LogP contribution in [0.2, 0.25) is 0 Å². The summed E-state index contributed by atoms with van der Waals surface area (Å²) < 4.78 is 0. The van der Waals surface area contributed by atoms with Crippen LogP contribution in [0.25, 0.3) is 0 Å². The zero-order valence-electron chi connectivity index (χ0n) is 8.33. The highest BCUT2D eigenvalue weighted by molar-refractivity contribution is 8.76. The molecule has 0 aliphatic carbocycles. The van der Waals surface area contributed by atoms with Crippen molar-refractivity contribution >= 4 is 27.5 Å². The third-order valence-corrected chi connectivity index (χ3v) is 3.83. The molecule has 1 atom stereocenters. The predicted octanol–water partition coefficient (Wildman–Crippen LogP) is 2.11. The third kappa shape index (κ3) is 3.72. The topological polar surface area (TPSA) is 20.3 Å². The van der Waals surface area contributed by atoms with Crippen LogP contribution in [-0.4, -0.2) is 36.4 Å². The minimum Gasteiger partial charge on any atom is -0.348 e. The monoisotopic (exact) mass is 207 g/mol. The van der Waals surface area contributed by atoms with E-state index in [1.807, 2.05) is 6.26 Å². The zero-order chi connectivity index (χ0) is 9.72. The van der Waals surface area contributed by atoms with E-state index in [9.17, 15) is 4.79 Å². The minimum absolute atomic E-state index is 0.0926. The van der Waals surface area contributed by atoms with E-state index in [0.717, 1.165) is 0 Å². The third-order valence-electron chi connectivity index (χ3n) is 1.49. The van der Waals surface area contributed by atoms with Gasteiger partial charge < -0.3 is 4.90 Å². The van der Waals surface area contributed by atoms with Gasteiger partial charge in [-0.15, -0.1) is 0 Å². The second-order valence-corrected chi connectivity index (χ2v) is 5.77. The van der Waals surface area contributed by atoms with Crippen molar-refractivity contribution in [3.63, 3.8) is 0 Å². The van der Waals surface area contributed by atoms with Crippen LogP contribution in [0.4, 0.5) is 0 Å². The van der Waals surface area contributed by atoms with Crippen LogP contribution in [0.1, 0.15) is 13.8 Å². The molecule has 0 saturated heterocycles. The fourth-order valence-corrected chi connectivity index (χ4v) is 3.05. The second-order valence-electron chi connectivity index (χ2n) is 3.16. The number of hydrogen-bond donors (Lipinski definition) is 0. The van der Waals surface area contributed by atoms with Crippen LogP contribution >= 0.6 is 21.6 Å². The molecule has 0 bridgehead atoms. The van der Waals surface area contributed by atoms with Gasteiger partial charge in [0, 0.05) is 14.1 Å². The molecule has 1 amide bonds. The molecule has 0 rings (SSSR count). The smallest absolute Gasteiger partial charge is 0.236 e. The van der Waals surface area contributed by atoms with E-state index in [0.29, 0.717) is 5.92 Å². The fourth-order valence-electron chi connectivity index (χ4n) is 0.796. The van der Waals surface area contributed by atoms with Crippen LogP contribution in [0.3, 0.4) is 0 Å². The quantitative estimate of drug-likeness (QED) is 0.659. The molecule has 1 unspecified atom stereocenters. The number of nitrogens with zero attached hydrogens (tertiary/aromatic N) is 1. The van der Waals surface area contributed by atoms with Gasteiger partial charge in [-0.25, -0.2) is 0 Å². The molecule has 0 heterocycles. The van der Waals surface area contributed by atoms with Crippen molar-refractivity contribution < 1.29 is 4.79 Å². The van der Waals surface area contributed by atoms with Gasteiger partial charge in [-0.05, 0) is 12.2 Å². The fraction of sp³-hybridized carbons (Fsp3) is 0.875. The van der Waals surface area contributed by atoms with E-state index in [2.05, 4.69) is 13.8 Å². The van der Waals surface area contributed by atoms with Gasteiger partial charge in [-0.3, -0.25) is 4.79 Å². The van der Waals surface area contributed by atoms with Crippen molar-refractivity contribution in [2.75, 3.05) is 20.4 Å². The first kappa shape index (κ1) is 12.2. The van der Waals surface area contributed by atoms with Gasteiger partial charge in [0.1, 0.15) is 0 Å². The van der Waals surface area contributed by atoms with Crippen LogP contribution in [-0.2, 0) is 4.79 Å². The summed E-state index contributed by atoms with van der Waals surface area (Å²) in [6, 6.07) is 0. The van der Waals surface area contributed by atoms with Gasteiger partial charge in [0.25, 0.3) is 0 Å². The molecule has 0 saturated carbocycles. The van der Waals surface area contributed by atoms with E-state index in [4.69, 9.17) is 0 Å². The maximum Gasteiger partial charge on any atom is 0.236 e. The van der Waals surface area contributed by atoms with Gasteiger partial charge in [0.05, 0.1) is 5.25 Å². The predicted molar refractivity (Wildman–Crippen MR) is 58.4 cm³/mol. The van der Waals surface area contributed by atoms with Crippen LogP contribution in [0.15, 0.2) is 0 Å². The van der Waals surface area contributed by atoms with Crippen molar-refractivity contribution in [1.29, 1.82) is 0 Å². The van der Waals surface area contributed by atoms with E-state index >= 15 is 0 Å². The molecule has 0 aromatic heterocycles. The van der Waals surface area contributed by atoms with Gasteiger partial charge in [-0.2, -0.15) is 0 Å². The molecule has 0 N–H and O–H groups in total. The van der Waals surface area contributed by atoms with Crippen molar-refractivity contribution in [2.24, 2.45) is 5.92 Å². The summed E-state index contributed by atoms with van der Waals surface area (Å²) >= 11 is 0. The Morgan fingerprint density at radius 1 is 1.33 bits per heavy atom. The lowest BCUT2D eigenvalue weighted by Crippen LogP contribution is -2.34. The number of amides is 1. The SMILES string of the molecule is CSSC(C(=O)N(C)C)C(C)C. The summed E-state index contributed by atoms with van der Waals surface area (Å²) in [5, 5.41) is 0.0926. The highest BCUT2D eigenvalue weighted by Crippen LogP contribution is 2.29. The molecule has 0 fully saturated rings. The Morgan fingerprint density at radius 3 is 2.08 bits per heavy atom. The average molecular weight is 207 g/mol. The summed E-state index contributed by atoms with van der Waals surface area (Å²) in [5.41, 5.74) is 0. The highest BCUT2D eigenvalue weighted by Gasteiger charge is 2.23. The van der Waals surface area contributed by atoms with Crippen molar-refractivity contribution in [3.05, 3.63) is 0 Å². The molecular weight excluding hydrogens is 190 g/mol. The highest BCUT2D eigenvalue weighted by atomic mass is 33.1. The lowest BCUT2D eigenvalue weighted by molar-refractivity contribution is -0.128. The van der Waals surface area contributed by atoms with Crippen molar-refractivity contribution in [3.8, 4) is 0 Å². The number of rotatable bonds is 4. The summed E-state index contributed by atoms with van der Waals surface area (Å²) in [6.45, 7) is 4.16. The summed E-state index contributed by atoms with van der Waals surface area (Å²) in [6.07, 6.45) is 2.00. The number of hydrogen-bond acceptors (Lipinski definition) is 3. The molecular formula is C8H17NOS2. The lowest BCUT2D eigenvalue weighted by Gasteiger charge is -2.21.